The van der Waals surface area contributed by atoms with E-state index < -0.39 is 29.7 Å². The lowest BCUT2D eigenvalue weighted by molar-refractivity contribution is -0.136. The number of piperazine rings is 1. The second-order valence-corrected chi connectivity index (χ2v) is 15.6. The Kier molecular flexibility index (Phi) is 9.69. The first-order chi connectivity index (χ1) is 27.3. The van der Waals surface area contributed by atoms with E-state index in [1.807, 2.05) is 11.1 Å². The monoisotopic (exact) mass is 758 g/mol. The van der Waals surface area contributed by atoms with Gasteiger partial charge in [0, 0.05) is 87.7 Å². The number of imide groups is 2. The van der Waals surface area contributed by atoms with Crippen LogP contribution in [0.25, 0.3) is 22.3 Å². The molecule has 15 nitrogen and oxygen atoms in total. The maximum Gasteiger partial charge on any atom is 0.262 e. The lowest BCUT2D eigenvalue weighted by Crippen LogP contribution is -2.54. The first-order valence-corrected chi connectivity index (χ1v) is 20.0. The molecule has 0 bridgehead atoms. The summed E-state index contributed by atoms with van der Waals surface area (Å²) in [5, 5.41) is 14.1. The summed E-state index contributed by atoms with van der Waals surface area (Å²) in [4.78, 5) is 78.4. The Balaban J connectivity index is 0.760. The third-order valence-electron chi connectivity index (χ3n) is 11.8. The topological polar surface area (TPSA) is 175 Å². The Hall–Kier alpha value is -5.70. The van der Waals surface area contributed by atoms with Gasteiger partial charge in [0.1, 0.15) is 6.04 Å². The van der Waals surface area contributed by atoms with Crippen LogP contribution in [-0.4, -0.2) is 111 Å². The molecular weight excluding hydrogens is 713 g/mol. The van der Waals surface area contributed by atoms with Gasteiger partial charge in [-0.3, -0.25) is 43.9 Å². The molecule has 1 aliphatic carbocycles. The summed E-state index contributed by atoms with van der Waals surface area (Å²) in [7, 11) is 0. The molecule has 9 rings (SSSR count). The van der Waals surface area contributed by atoms with Gasteiger partial charge in [0.2, 0.25) is 17.7 Å². The number of likely N-dealkylation sites (tertiary alicyclic amines) is 1. The van der Waals surface area contributed by atoms with Gasteiger partial charge in [-0.25, -0.2) is 4.98 Å². The molecule has 3 N–H and O–H groups in total. The van der Waals surface area contributed by atoms with E-state index in [9.17, 15) is 24.0 Å². The Labute approximate surface area is 324 Å². The molecule has 5 amide bonds. The zero-order valence-corrected chi connectivity index (χ0v) is 31.3. The van der Waals surface area contributed by atoms with Crippen LogP contribution in [0.15, 0.2) is 48.8 Å². The summed E-state index contributed by atoms with van der Waals surface area (Å²) in [6, 6.07) is 10.5. The highest BCUT2D eigenvalue weighted by atomic mass is 16.2. The summed E-state index contributed by atoms with van der Waals surface area (Å²) < 4.78 is 2.12. The number of hydrogen-bond donors (Lipinski definition) is 3. The summed E-state index contributed by atoms with van der Waals surface area (Å²) in [5.74, 6) is -1.48. The van der Waals surface area contributed by atoms with Crippen molar-refractivity contribution in [2.75, 3.05) is 56.0 Å². The van der Waals surface area contributed by atoms with Crippen molar-refractivity contribution in [2.24, 2.45) is 0 Å². The fourth-order valence-electron chi connectivity index (χ4n) is 8.45. The standard InChI is InChI=1S/C41H46N10O5/c52-36-11-10-35(39(54)46-36)51-40(55)29-8-6-26(21-30(29)41(51)56)43-14-2-1-3-37(53)49-17-12-27(13-18-49)50-24-31(38(47-50)25-4-5-25)34-23-44-32-9-7-28(22-33(32)45-34)48-19-15-42-16-20-48/h6-9,21-25,27,35,42-43H,1-5,10-20H2,(H,46,52,54). The quantitative estimate of drug-likeness (QED) is 0.151. The van der Waals surface area contributed by atoms with Gasteiger partial charge >= 0.3 is 0 Å². The normalized spacial score (nSPS) is 20.5. The van der Waals surface area contributed by atoms with Crippen LogP contribution in [0.5, 0.6) is 0 Å². The minimum Gasteiger partial charge on any atom is -0.385 e. The summed E-state index contributed by atoms with van der Waals surface area (Å²) in [5.41, 5.74) is 7.16. The molecule has 56 heavy (non-hydrogen) atoms. The van der Waals surface area contributed by atoms with Crippen molar-refractivity contribution in [3.05, 3.63) is 65.6 Å². The fourth-order valence-corrected chi connectivity index (χ4v) is 8.45. The largest absolute Gasteiger partial charge is 0.385 e. The number of aromatic nitrogens is 4. The van der Waals surface area contributed by atoms with E-state index in [0.717, 1.165) is 91.2 Å². The highest BCUT2D eigenvalue weighted by Crippen LogP contribution is 2.44. The molecule has 4 aromatic rings. The summed E-state index contributed by atoms with van der Waals surface area (Å²) in [6.07, 6.45) is 10.1. The Morgan fingerprint density at radius 1 is 0.839 bits per heavy atom. The molecule has 4 fully saturated rings. The Morgan fingerprint density at radius 2 is 1.64 bits per heavy atom. The van der Waals surface area contributed by atoms with E-state index in [4.69, 9.17) is 15.1 Å². The van der Waals surface area contributed by atoms with Crippen LogP contribution in [0.4, 0.5) is 11.4 Å². The molecule has 5 aliphatic rings. The van der Waals surface area contributed by atoms with Crippen molar-refractivity contribution >= 4 is 51.9 Å². The van der Waals surface area contributed by atoms with E-state index in [2.05, 4.69) is 49.9 Å². The molecule has 2 aromatic heterocycles. The fraction of sp³-hybridized carbons (Fsp3) is 0.463. The van der Waals surface area contributed by atoms with Crippen LogP contribution in [0.2, 0.25) is 0 Å². The molecule has 3 saturated heterocycles. The minimum absolute atomic E-state index is 0.0763. The number of rotatable bonds is 11. The third kappa shape index (κ3) is 7.11. The molecule has 4 aliphatic heterocycles. The van der Waals surface area contributed by atoms with E-state index in [0.29, 0.717) is 44.1 Å². The second kappa shape index (κ2) is 15.1. The number of carbonyl (C=O) groups is 5. The number of nitrogens with zero attached hydrogens (tertiary/aromatic N) is 7. The highest BCUT2D eigenvalue weighted by molar-refractivity contribution is 6.23. The van der Waals surface area contributed by atoms with Gasteiger partial charge in [0.25, 0.3) is 11.8 Å². The first-order valence-electron chi connectivity index (χ1n) is 20.0. The summed E-state index contributed by atoms with van der Waals surface area (Å²) >= 11 is 0. The number of benzene rings is 2. The van der Waals surface area contributed by atoms with E-state index in [1.165, 1.54) is 5.69 Å². The molecule has 1 unspecified atom stereocenters. The number of piperidine rings is 2. The summed E-state index contributed by atoms with van der Waals surface area (Å²) in [6.45, 7) is 5.89. The Bertz CT molecular complexity index is 2220. The molecule has 290 valence electrons. The molecule has 0 radical (unpaired) electrons. The number of amides is 5. The van der Waals surface area contributed by atoms with Crippen molar-refractivity contribution in [1.29, 1.82) is 0 Å². The average molecular weight is 759 g/mol. The van der Waals surface area contributed by atoms with Gasteiger partial charge in [-0.05, 0) is 81.3 Å². The van der Waals surface area contributed by atoms with Gasteiger partial charge in [0.05, 0.1) is 45.8 Å². The zero-order valence-electron chi connectivity index (χ0n) is 31.3. The third-order valence-corrected chi connectivity index (χ3v) is 11.8. The molecule has 15 heteroatoms. The predicted molar refractivity (Wildman–Crippen MR) is 208 cm³/mol. The number of hydrogen-bond acceptors (Lipinski definition) is 11. The van der Waals surface area contributed by atoms with Crippen LogP contribution >= 0.6 is 0 Å². The van der Waals surface area contributed by atoms with Crippen molar-refractivity contribution in [1.82, 2.24) is 40.2 Å². The molecule has 2 aromatic carbocycles. The maximum absolute atomic E-state index is 13.2. The van der Waals surface area contributed by atoms with Crippen molar-refractivity contribution in [3.63, 3.8) is 0 Å². The van der Waals surface area contributed by atoms with Gasteiger partial charge in [0.15, 0.2) is 0 Å². The first kappa shape index (κ1) is 36.0. The molecule has 1 saturated carbocycles. The number of nitrogens with one attached hydrogen (secondary N) is 3. The van der Waals surface area contributed by atoms with Crippen molar-refractivity contribution in [2.45, 2.75) is 75.8 Å². The zero-order chi connectivity index (χ0) is 38.3. The number of fused-ring (bicyclic) bond motifs is 2. The Morgan fingerprint density at radius 3 is 2.43 bits per heavy atom. The average Bonchev–Trinajstić information content (AvgIpc) is 3.93. The van der Waals surface area contributed by atoms with Gasteiger partial charge in [-0.15, -0.1) is 0 Å². The van der Waals surface area contributed by atoms with Crippen molar-refractivity contribution < 1.29 is 24.0 Å². The predicted octanol–water partition coefficient (Wildman–Crippen LogP) is 3.63. The molecule has 1 atom stereocenters. The number of unbranched alkanes of at least 4 members (excludes halogenated alkanes) is 1. The van der Waals surface area contributed by atoms with E-state index in [-0.39, 0.29) is 35.9 Å². The van der Waals surface area contributed by atoms with Crippen LogP contribution in [0.1, 0.15) is 96.2 Å². The molecule has 0 spiro atoms. The lowest BCUT2D eigenvalue weighted by Gasteiger charge is -2.32. The van der Waals surface area contributed by atoms with E-state index >= 15 is 0 Å². The van der Waals surface area contributed by atoms with Crippen LogP contribution < -0.4 is 20.9 Å². The number of carbonyl (C=O) groups excluding carboxylic acids is 5. The van der Waals surface area contributed by atoms with Crippen LogP contribution in [0.3, 0.4) is 0 Å². The van der Waals surface area contributed by atoms with Crippen LogP contribution in [-0.2, 0) is 14.4 Å². The number of anilines is 2. The smallest absolute Gasteiger partial charge is 0.262 e. The SMILES string of the molecule is O=C1CCC(N2C(=O)c3ccc(NCCCCC(=O)N4CCC(n5cc(-c6cnc7ccc(N8CCNCC8)cc7n6)c(C6CC6)n5)CC4)cc3C2=O)C(=O)N1. The van der Waals surface area contributed by atoms with Crippen molar-refractivity contribution in [3.8, 4) is 11.3 Å². The minimum atomic E-state index is -0.994. The maximum atomic E-state index is 13.2. The van der Waals surface area contributed by atoms with E-state index in [1.54, 1.807) is 18.2 Å². The lowest BCUT2D eigenvalue weighted by atomic mass is 10.0. The van der Waals surface area contributed by atoms with Crippen LogP contribution in [0, 0.1) is 0 Å². The highest BCUT2D eigenvalue weighted by Gasteiger charge is 2.44. The van der Waals surface area contributed by atoms with Gasteiger partial charge in [-0.1, -0.05) is 0 Å². The molecular formula is C41H46N10O5. The van der Waals surface area contributed by atoms with Gasteiger partial charge < -0.3 is 20.4 Å². The van der Waals surface area contributed by atoms with Gasteiger partial charge in [-0.2, -0.15) is 5.10 Å². The second-order valence-electron chi connectivity index (χ2n) is 15.6. The molecule has 6 heterocycles.